The standard InChI is InChI=1S/C21H22ClN5O4S/c1-4-26-20(14(3)31-17-8-9-18(22)13(2)10-17)24-25-21(26)32-12-19(28)23-15-6-5-7-16(11-15)27(29)30/h5-11,14H,4,12H2,1-3H3,(H,23,28). The van der Waals surface area contributed by atoms with Gasteiger partial charge in [0, 0.05) is 29.4 Å². The van der Waals surface area contributed by atoms with Crippen molar-refractivity contribution in [3.63, 3.8) is 0 Å². The largest absolute Gasteiger partial charge is 0.483 e. The fourth-order valence-electron chi connectivity index (χ4n) is 2.98. The Morgan fingerprint density at radius 2 is 2.09 bits per heavy atom. The molecule has 2 aromatic carbocycles. The molecular formula is C21H22ClN5O4S. The van der Waals surface area contributed by atoms with Crippen molar-refractivity contribution < 1.29 is 14.5 Å². The third-order valence-corrected chi connectivity index (χ3v) is 5.93. The number of non-ortho nitro benzene ring substituents is 1. The highest BCUT2D eigenvalue weighted by atomic mass is 35.5. The zero-order valence-corrected chi connectivity index (χ0v) is 19.3. The Morgan fingerprint density at radius 1 is 1.31 bits per heavy atom. The fourth-order valence-corrected chi connectivity index (χ4v) is 3.90. The summed E-state index contributed by atoms with van der Waals surface area (Å²) in [7, 11) is 0. The Labute approximate surface area is 194 Å². The van der Waals surface area contributed by atoms with Crippen molar-refractivity contribution in [3.8, 4) is 5.75 Å². The lowest BCUT2D eigenvalue weighted by atomic mass is 10.2. The van der Waals surface area contributed by atoms with Gasteiger partial charge in [-0.05, 0) is 50.6 Å². The third kappa shape index (κ3) is 5.77. The number of aryl methyl sites for hydroxylation is 1. The summed E-state index contributed by atoms with van der Waals surface area (Å²) in [6, 6.07) is 11.2. The molecule has 0 fully saturated rings. The summed E-state index contributed by atoms with van der Waals surface area (Å²) in [5, 5.41) is 23.2. The quantitative estimate of drug-likeness (QED) is 0.262. The number of carbonyl (C=O) groups excluding carboxylic acids is 1. The molecule has 3 rings (SSSR count). The van der Waals surface area contributed by atoms with E-state index in [-0.39, 0.29) is 23.5 Å². The number of rotatable bonds is 9. The number of nitrogens with zero attached hydrogens (tertiary/aromatic N) is 4. The van der Waals surface area contributed by atoms with Crippen LogP contribution in [0.15, 0.2) is 47.6 Å². The maximum Gasteiger partial charge on any atom is 0.271 e. The Hall–Kier alpha value is -3.11. The number of amides is 1. The maximum absolute atomic E-state index is 12.3. The van der Waals surface area contributed by atoms with Crippen LogP contribution in [0.4, 0.5) is 11.4 Å². The van der Waals surface area contributed by atoms with Crippen molar-refractivity contribution >= 4 is 40.6 Å². The van der Waals surface area contributed by atoms with Gasteiger partial charge >= 0.3 is 0 Å². The first-order valence-corrected chi connectivity index (χ1v) is 11.2. The average Bonchev–Trinajstić information content (AvgIpc) is 3.18. The van der Waals surface area contributed by atoms with Gasteiger partial charge in [-0.3, -0.25) is 14.9 Å². The van der Waals surface area contributed by atoms with Gasteiger partial charge in [0.2, 0.25) is 5.91 Å². The number of thioether (sulfide) groups is 1. The summed E-state index contributed by atoms with van der Waals surface area (Å²) in [6.07, 6.45) is -0.365. The Kier molecular flexibility index (Phi) is 7.70. The van der Waals surface area contributed by atoms with Crippen molar-refractivity contribution in [3.05, 3.63) is 69.0 Å². The number of nitro groups is 1. The minimum atomic E-state index is -0.510. The normalized spacial score (nSPS) is 11.8. The minimum absolute atomic E-state index is 0.0758. The van der Waals surface area contributed by atoms with Crippen molar-refractivity contribution in [1.82, 2.24) is 14.8 Å². The van der Waals surface area contributed by atoms with Crippen LogP contribution in [-0.4, -0.2) is 31.3 Å². The molecule has 1 aromatic heterocycles. The number of carbonyl (C=O) groups is 1. The van der Waals surface area contributed by atoms with Crippen LogP contribution in [0, 0.1) is 17.0 Å². The number of hydrogen-bond donors (Lipinski definition) is 1. The van der Waals surface area contributed by atoms with Gasteiger partial charge in [-0.15, -0.1) is 10.2 Å². The van der Waals surface area contributed by atoms with E-state index in [2.05, 4.69) is 15.5 Å². The van der Waals surface area contributed by atoms with E-state index in [1.54, 1.807) is 18.2 Å². The minimum Gasteiger partial charge on any atom is -0.483 e. The molecule has 1 atom stereocenters. The van der Waals surface area contributed by atoms with E-state index < -0.39 is 4.92 Å². The summed E-state index contributed by atoms with van der Waals surface area (Å²) < 4.78 is 7.89. The van der Waals surface area contributed by atoms with Crippen LogP contribution in [0.5, 0.6) is 5.75 Å². The zero-order valence-electron chi connectivity index (χ0n) is 17.7. The molecule has 3 aromatic rings. The summed E-state index contributed by atoms with van der Waals surface area (Å²) in [5.74, 6) is 1.09. The van der Waals surface area contributed by atoms with Gasteiger partial charge in [0.1, 0.15) is 5.75 Å². The van der Waals surface area contributed by atoms with Crippen LogP contribution in [0.1, 0.15) is 31.3 Å². The number of ether oxygens (including phenoxy) is 1. The molecule has 168 valence electrons. The van der Waals surface area contributed by atoms with E-state index in [0.29, 0.717) is 34.0 Å². The van der Waals surface area contributed by atoms with Gasteiger partial charge in [-0.25, -0.2) is 0 Å². The second-order valence-electron chi connectivity index (χ2n) is 6.90. The van der Waals surface area contributed by atoms with Crippen LogP contribution in [0.2, 0.25) is 5.02 Å². The second-order valence-corrected chi connectivity index (χ2v) is 8.25. The monoisotopic (exact) mass is 475 g/mol. The molecule has 11 heteroatoms. The van der Waals surface area contributed by atoms with Crippen molar-refractivity contribution in [2.24, 2.45) is 0 Å². The molecule has 0 aliphatic heterocycles. The molecule has 0 radical (unpaired) electrons. The van der Waals surface area contributed by atoms with E-state index in [1.807, 2.05) is 31.4 Å². The molecule has 32 heavy (non-hydrogen) atoms. The zero-order chi connectivity index (χ0) is 23.3. The van der Waals surface area contributed by atoms with E-state index in [9.17, 15) is 14.9 Å². The Morgan fingerprint density at radius 3 is 2.78 bits per heavy atom. The van der Waals surface area contributed by atoms with Crippen LogP contribution in [0.3, 0.4) is 0 Å². The summed E-state index contributed by atoms with van der Waals surface area (Å²) in [5.41, 5.74) is 1.19. The Bertz CT molecular complexity index is 1140. The highest BCUT2D eigenvalue weighted by Gasteiger charge is 2.20. The molecule has 9 nitrogen and oxygen atoms in total. The van der Waals surface area contributed by atoms with E-state index >= 15 is 0 Å². The Balaban J connectivity index is 1.64. The molecule has 1 heterocycles. The molecule has 0 bridgehead atoms. The predicted molar refractivity (Wildman–Crippen MR) is 123 cm³/mol. The smallest absolute Gasteiger partial charge is 0.271 e. The first-order chi connectivity index (χ1) is 15.3. The summed E-state index contributed by atoms with van der Waals surface area (Å²) in [4.78, 5) is 22.7. The molecule has 0 aliphatic rings. The van der Waals surface area contributed by atoms with Crippen LogP contribution < -0.4 is 10.1 Å². The number of nitrogens with one attached hydrogen (secondary N) is 1. The highest BCUT2D eigenvalue weighted by molar-refractivity contribution is 7.99. The predicted octanol–water partition coefficient (Wildman–Crippen LogP) is 5.04. The van der Waals surface area contributed by atoms with Gasteiger partial charge in [-0.2, -0.15) is 0 Å². The second kappa shape index (κ2) is 10.5. The molecule has 0 spiro atoms. The maximum atomic E-state index is 12.3. The molecular weight excluding hydrogens is 454 g/mol. The van der Waals surface area contributed by atoms with E-state index in [0.717, 1.165) is 5.56 Å². The van der Waals surface area contributed by atoms with Crippen molar-refractivity contribution in [2.45, 2.75) is 38.6 Å². The summed E-state index contributed by atoms with van der Waals surface area (Å²) >= 11 is 7.30. The van der Waals surface area contributed by atoms with Crippen LogP contribution >= 0.6 is 23.4 Å². The van der Waals surface area contributed by atoms with Crippen LogP contribution in [-0.2, 0) is 11.3 Å². The average molecular weight is 476 g/mol. The molecule has 1 unspecified atom stereocenters. The lowest BCUT2D eigenvalue weighted by Gasteiger charge is -2.16. The van der Waals surface area contributed by atoms with Crippen molar-refractivity contribution in [1.29, 1.82) is 0 Å². The number of nitro benzene ring substituents is 1. The van der Waals surface area contributed by atoms with Crippen LogP contribution in [0.25, 0.3) is 0 Å². The van der Waals surface area contributed by atoms with Crippen molar-refractivity contribution in [2.75, 3.05) is 11.1 Å². The number of halogens is 1. The lowest BCUT2D eigenvalue weighted by Crippen LogP contribution is -2.15. The lowest BCUT2D eigenvalue weighted by molar-refractivity contribution is -0.384. The number of benzene rings is 2. The van der Waals surface area contributed by atoms with Gasteiger partial charge in [0.05, 0.1) is 10.7 Å². The first kappa shape index (κ1) is 23.6. The molecule has 1 N–H and O–H groups in total. The van der Waals surface area contributed by atoms with E-state index in [1.165, 1.54) is 30.0 Å². The van der Waals surface area contributed by atoms with Gasteiger partial charge < -0.3 is 14.6 Å². The molecule has 0 saturated carbocycles. The number of anilines is 1. The molecule has 0 aliphatic carbocycles. The molecule has 1 amide bonds. The highest BCUT2D eigenvalue weighted by Crippen LogP contribution is 2.27. The first-order valence-electron chi connectivity index (χ1n) is 9.81. The SMILES string of the molecule is CCn1c(SCC(=O)Nc2cccc([N+](=O)[O-])c2)nnc1C(C)Oc1ccc(Cl)c(C)c1. The van der Waals surface area contributed by atoms with E-state index in [4.69, 9.17) is 16.3 Å². The number of hydrogen-bond acceptors (Lipinski definition) is 7. The fraction of sp³-hybridized carbons (Fsp3) is 0.286. The van der Waals surface area contributed by atoms with Gasteiger partial charge in [0.15, 0.2) is 17.1 Å². The molecule has 0 saturated heterocycles. The number of aromatic nitrogens is 3. The third-order valence-electron chi connectivity index (χ3n) is 4.54. The topological polar surface area (TPSA) is 112 Å². The summed E-state index contributed by atoms with van der Waals surface area (Å²) in [6.45, 7) is 6.34. The van der Waals surface area contributed by atoms with Gasteiger partial charge in [0.25, 0.3) is 5.69 Å². The van der Waals surface area contributed by atoms with Gasteiger partial charge in [-0.1, -0.05) is 29.4 Å².